The van der Waals surface area contributed by atoms with Crippen molar-refractivity contribution >= 4 is 17.4 Å². The molecule has 2 heterocycles. The standard InChI is InChI=1S/C20H24N2O3S/c1-2-5-17(6-3-1)18-7-4-8-19(20(18)21-9-13-23-14-10-21)24-25-22-11-15-26-16-12-22/h1-8H,9-16H2. The van der Waals surface area contributed by atoms with Crippen LogP contribution in [-0.2, 0) is 9.73 Å². The number of hydrogen-bond donors (Lipinski definition) is 0. The van der Waals surface area contributed by atoms with Gasteiger partial charge in [-0.3, -0.25) is 0 Å². The van der Waals surface area contributed by atoms with Crippen LogP contribution in [0.5, 0.6) is 5.75 Å². The van der Waals surface area contributed by atoms with Crippen LogP contribution in [0.4, 0.5) is 5.69 Å². The Morgan fingerprint density at radius 2 is 1.62 bits per heavy atom. The Labute approximate surface area is 158 Å². The maximum absolute atomic E-state index is 5.83. The fraction of sp³-hybridized carbons (Fsp3) is 0.400. The summed E-state index contributed by atoms with van der Waals surface area (Å²) in [5, 5.41) is 1.90. The minimum absolute atomic E-state index is 0.729. The number of para-hydroxylation sites is 1. The molecular formula is C20H24N2O3S. The average Bonchev–Trinajstić information content (AvgIpc) is 2.74. The zero-order valence-corrected chi connectivity index (χ0v) is 15.6. The molecule has 0 atom stereocenters. The van der Waals surface area contributed by atoms with Gasteiger partial charge in [0.1, 0.15) is 0 Å². The number of benzene rings is 2. The van der Waals surface area contributed by atoms with Gasteiger partial charge in [-0.2, -0.15) is 11.8 Å². The van der Waals surface area contributed by atoms with Crippen molar-refractivity contribution in [2.45, 2.75) is 0 Å². The highest BCUT2D eigenvalue weighted by Gasteiger charge is 2.22. The molecule has 6 heteroatoms. The molecule has 5 nitrogen and oxygen atoms in total. The first-order chi connectivity index (χ1) is 12.9. The Morgan fingerprint density at radius 3 is 2.38 bits per heavy atom. The zero-order chi connectivity index (χ0) is 17.6. The molecule has 0 aromatic heterocycles. The van der Waals surface area contributed by atoms with Crippen molar-refractivity contribution in [1.29, 1.82) is 0 Å². The fourth-order valence-electron chi connectivity index (χ4n) is 3.27. The molecule has 0 saturated carbocycles. The lowest BCUT2D eigenvalue weighted by Crippen LogP contribution is -2.37. The second-order valence-corrected chi connectivity index (χ2v) is 7.54. The van der Waals surface area contributed by atoms with Gasteiger partial charge < -0.3 is 14.5 Å². The first kappa shape index (κ1) is 17.7. The molecule has 0 unspecified atom stereocenters. The first-order valence-electron chi connectivity index (χ1n) is 9.10. The number of anilines is 1. The summed E-state index contributed by atoms with van der Waals surface area (Å²) in [4.78, 5) is 13.8. The number of ether oxygens (including phenoxy) is 1. The number of thioether (sulfide) groups is 1. The summed E-state index contributed by atoms with van der Waals surface area (Å²) in [6.07, 6.45) is 0. The van der Waals surface area contributed by atoms with E-state index in [0.29, 0.717) is 0 Å². The van der Waals surface area contributed by atoms with E-state index in [0.717, 1.165) is 67.9 Å². The summed E-state index contributed by atoms with van der Waals surface area (Å²) in [5.74, 6) is 2.90. The van der Waals surface area contributed by atoms with Gasteiger partial charge in [0.15, 0.2) is 5.75 Å². The molecule has 0 aliphatic carbocycles. The minimum Gasteiger partial charge on any atom is -0.378 e. The lowest BCUT2D eigenvalue weighted by molar-refractivity contribution is -0.365. The molecule has 2 aliphatic rings. The van der Waals surface area contributed by atoms with Gasteiger partial charge in [0.25, 0.3) is 0 Å². The highest BCUT2D eigenvalue weighted by Crippen LogP contribution is 2.39. The number of hydrogen-bond acceptors (Lipinski definition) is 6. The third-order valence-electron chi connectivity index (χ3n) is 4.61. The molecule has 4 rings (SSSR count). The van der Waals surface area contributed by atoms with Gasteiger partial charge in [0.2, 0.25) is 0 Å². The molecule has 2 aromatic carbocycles. The molecule has 0 spiro atoms. The van der Waals surface area contributed by atoms with Crippen LogP contribution >= 0.6 is 11.8 Å². The Hall–Kier alpha value is -1.73. The highest BCUT2D eigenvalue weighted by atomic mass is 32.2. The second kappa shape index (κ2) is 8.77. The normalized spacial score (nSPS) is 18.7. The van der Waals surface area contributed by atoms with Gasteiger partial charge in [-0.25, -0.2) is 0 Å². The van der Waals surface area contributed by atoms with E-state index < -0.39 is 0 Å². The maximum atomic E-state index is 5.83. The van der Waals surface area contributed by atoms with Gasteiger partial charge in [-0.1, -0.05) is 47.5 Å². The van der Waals surface area contributed by atoms with Crippen molar-refractivity contribution in [2.24, 2.45) is 0 Å². The monoisotopic (exact) mass is 372 g/mol. The smallest absolute Gasteiger partial charge is 0.191 e. The Balaban J connectivity index is 1.63. The van der Waals surface area contributed by atoms with Crippen LogP contribution in [0, 0.1) is 0 Å². The van der Waals surface area contributed by atoms with E-state index in [1.165, 1.54) is 5.56 Å². The summed E-state index contributed by atoms with van der Waals surface area (Å²) < 4.78 is 5.54. The van der Waals surface area contributed by atoms with Crippen LogP contribution in [0.3, 0.4) is 0 Å². The molecule has 0 amide bonds. The summed E-state index contributed by atoms with van der Waals surface area (Å²) in [5.41, 5.74) is 3.41. The summed E-state index contributed by atoms with van der Waals surface area (Å²) >= 11 is 1.95. The van der Waals surface area contributed by atoms with Crippen molar-refractivity contribution in [3.8, 4) is 16.9 Å². The lowest BCUT2D eigenvalue weighted by Gasteiger charge is -2.32. The van der Waals surface area contributed by atoms with Crippen LogP contribution in [0.2, 0.25) is 0 Å². The predicted molar refractivity (Wildman–Crippen MR) is 106 cm³/mol. The lowest BCUT2D eigenvalue weighted by atomic mass is 10.0. The van der Waals surface area contributed by atoms with Crippen molar-refractivity contribution in [2.75, 3.05) is 55.8 Å². The van der Waals surface area contributed by atoms with E-state index in [2.05, 4.69) is 35.2 Å². The van der Waals surface area contributed by atoms with Gasteiger partial charge in [0, 0.05) is 43.2 Å². The van der Waals surface area contributed by atoms with E-state index >= 15 is 0 Å². The van der Waals surface area contributed by atoms with E-state index in [1.807, 2.05) is 35.0 Å². The number of nitrogens with zero attached hydrogens (tertiary/aromatic N) is 2. The third-order valence-corrected chi connectivity index (χ3v) is 5.56. The molecule has 2 fully saturated rings. The Morgan fingerprint density at radius 1 is 0.846 bits per heavy atom. The fourth-order valence-corrected chi connectivity index (χ4v) is 4.14. The summed E-state index contributed by atoms with van der Waals surface area (Å²) in [6.45, 7) is 4.92. The van der Waals surface area contributed by atoms with E-state index in [-0.39, 0.29) is 0 Å². The van der Waals surface area contributed by atoms with E-state index in [4.69, 9.17) is 14.6 Å². The SMILES string of the molecule is c1ccc(-c2cccc(OON3CCSCC3)c2N2CCOCC2)cc1. The molecule has 0 bridgehead atoms. The Bertz CT molecular complexity index is 701. The van der Waals surface area contributed by atoms with E-state index in [9.17, 15) is 0 Å². The highest BCUT2D eigenvalue weighted by molar-refractivity contribution is 7.99. The molecule has 2 aromatic rings. The molecule has 138 valence electrons. The molecular weight excluding hydrogens is 348 g/mol. The van der Waals surface area contributed by atoms with Gasteiger partial charge in [-0.05, 0) is 11.6 Å². The largest absolute Gasteiger partial charge is 0.378 e. The molecule has 0 radical (unpaired) electrons. The van der Waals surface area contributed by atoms with Crippen molar-refractivity contribution in [1.82, 2.24) is 5.06 Å². The van der Waals surface area contributed by atoms with Crippen LogP contribution in [-0.4, -0.2) is 56.0 Å². The molecule has 2 saturated heterocycles. The number of rotatable bonds is 5. The minimum atomic E-state index is 0.729. The molecule has 26 heavy (non-hydrogen) atoms. The number of hydroxylamine groups is 2. The van der Waals surface area contributed by atoms with Crippen molar-refractivity contribution in [3.05, 3.63) is 48.5 Å². The molecule has 2 aliphatic heterocycles. The topological polar surface area (TPSA) is 34.2 Å². The van der Waals surface area contributed by atoms with E-state index in [1.54, 1.807) is 0 Å². The predicted octanol–water partition coefficient (Wildman–Crippen LogP) is 3.46. The van der Waals surface area contributed by atoms with Crippen LogP contribution in [0.25, 0.3) is 11.1 Å². The average molecular weight is 372 g/mol. The molecule has 0 N–H and O–H groups in total. The van der Waals surface area contributed by atoms with Gasteiger partial charge in [0.05, 0.1) is 18.9 Å². The Kier molecular flexibility index (Phi) is 5.96. The van der Waals surface area contributed by atoms with Crippen molar-refractivity contribution < 1.29 is 14.6 Å². The van der Waals surface area contributed by atoms with Gasteiger partial charge >= 0.3 is 0 Å². The van der Waals surface area contributed by atoms with Crippen molar-refractivity contribution in [3.63, 3.8) is 0 Å². The van der Waals surface area contributed by atoms with Gasteiger partial charge in [-0.15, -0.1) is 5.06 Å². The zero-order valence-electron chi connectivity index (χ0n) is 14.8. The van der Waals surface area contributed by atoms with Crippen LogP contribution in [0.15, 0.2) is 48.5 Å². The number of morpholine rings is 1. The summed E-state index contributed by atoms with van der Waals surface area (Å²) in [7, 11) is 0. The van der Waals surface area contributed by atoms with Crippen LogP contribution < -0.4 is 9.79 Å². The summed E-state index contributed by atoms with van der Waals surface area (Å²) in [6, 6.07) is 16.6. The second-order valence-electron chi connectivity index (χ2n) is 6.32. The first-order valence-corrected chi connectivity index (χ1v) is 10.3. The maximum Gasteiger partial charge on any atom is 0.191 e. The quantitative estimate of drug-likeness (QED) is 0.591. The van der Waals surface area contributed by atoms with Crippen LogP contribution in [0.1, 0.15) is 0 Å². The third kappa shape index (κ3) is 4.15.